The number of ketones is 1. The van der Waals surface area contributed by atoms with E-state index in [1.165, 1.54) is 19.6 Å². The number of hydrogen-bond acceptors (Lipinski definition) is 5. The van der Waals surface area contributed by atoms with Crippen LogP contribution in [-0.2, 0) is 23.9 Å². The molecule has 0 bridgehead atoms. The normalized spacial score (nSPS) is 36.6. The van der Waals surface area contributed by atoms with E-state index >= 15 is 0 Å². The molecular formula is C33H46O5. The van der Waals surface area contributed by atoms with Crippen molar-refractivity contribution in [1.29, 1.82) is 0 Å². The Morgan fingerprint density at radius 1 is 0.947 bits per heavy atom. The molecule has 0 aliphatic heterocycles. The highest BCUT2D eigenvalue weighted by Crippen LogP contribution is 2.68. The molecule has 5 heteroatoms. The summed E-state index contributed by atoms with van der Waals surface area (Å²) in [6.45, 7) is 16.0. The van der Waals surface area contributed by atoms with Crippen LogP contribution in [0.2, 0.25) is 0 Å². The number of hydrogen-bond donors (Lipinski definition) is 0. The molecule has 0 radical (unpaired) electrons. The van der Waals surface area contributed by atoms with Gasteiger partial charge in [0.25, 0.3) is 0 Å². The molecule has 3 aliphatic rings. The summed E-state index contributed by atoms with van der Waals surface area (Å²) in [6, 6.07) is 0. The van der Waals surface area contributed by atoms with Gasteiger partial charge >= 0.3 is 11.9 Å². The van der Waals surface area contributed by atoms with Gasteiger partial charge in [0.05, 0.1) is 7.11 Å². The van der Waals surface area contributed by atoms with Gasteiger partial charge in [0.15, 0.2) is 5.78 Å². The fraction of sp³-hybridized carbons (Fsp3) is 0.606. The van der Waals surface area contributed by atoms with Crippen molar-refractivity contribution < 1.29 is 23.9 Å². The lowest BCUT2D eigenvalue weighted by Gasteiger charge is -2.60. The number of methoxy groups -OCH3 is 1. The molecule has 0 aromatic carbocycles. The van der Waals surface area contributed by atoms with Crippen LogP contribution in [0.4, 0.5) is 0 Å². The van der Waals surface area contributed by atoms with Crippen LogP contribution in [0, 0.1) is 28.1 Å². The van der Waals surface area contributed by atoms with Crippen LogP contribution in [0.3, 0.4) is 0 Å². The monoisotopic (exact) mass is 522 g/mol. The lowest BCUT2D eigenvalue weighted by Crippen LogP contribution is -2.58. The molecule has 3 rings (SSSR count). The molecular weight excluding hydrogens is 476 g/mol. The minimum Gasteiger partial charge on any atom is -0.468 e. The number of ether oxygens (including phenoxy) is 2. The van der Waals surface area contributed by atoms with Gasteiger partial charge in [-0.2, -0.15) is 0 Å². The SMILES string of the molecule is COC(=O)[C@]1(C)C[C@@H]2CC[C@]3(C)\C(=C(C)/C=C/C=C(C)/C=C/C=C(C)C)C(=O)C[C@H]3[C@@]2(C)C[C@H]1OC(C)=O. The van der Waals surface area contributed by atoms with Gasteiger partial charge in [-0.25, -0.2) is 0 Å². The Bertz CT molecular complexity index is 1130. The predicted octanol–water partition coefficient (Wildman–Crippen LogP) is 7.24. The van der Waals surface area contributed by atoms with Crippen molar-refractivity contribution in [1.82, 2.24) is 0 Å². The molecule has 3 fully saturated rings. The smallest absolute Gasteiger partial charge is 0.315 e. The minimum absolute atomic E-state index is 0.129. The molecule has 0 aromatic rings. The van der Waals surface area contributed by atoms with Crippen molar-refractivity contribution in [3.8, 4) is 0 Å². The van der Waals surface area contributed by atoms with Crippen LogP contribution in [0.5, 0.6) is 0 Å². The highest BCUT2D eigenvalue weighted by molar-refractivity contribution is 6.00. The first-order valence-electron chi connectivity index (χ1n) is 13.9. The van der Waals surface area contributed by atoms with Crippen molar-refractivity contribution >= 4 is 17.7 Å². The topological polar surface area (TPSA) is 69.7 Å². The van der Waals surface area contributed by atoms with Crippen LogP contribution in [0.1, 0.15) is 87.5 Å². The largest absolute Gasteiger partial charge is 0.468 e. The van der Waals surface area contributed by atoms with Crippen LogP contribution < -0.4 is 0 Å². The van der Waals surface area contributed by atoms with Gasteiger partial charge in [-0.3, -0.25) is 14.4 Å². The first-order valence-corrected chi connectivity index (χ1v) is 13.9. The summed E-state index contributed by atoms with van der Waals surface area (Å²) in [7, 11) is 1.39. The molecule has 3 saturated carbocycles. The van der Waals surface area contributed by atoms with Gasteiger partial charge in [0.2, 0.25) is 0 Å². The van der Waals surface area contributed by atoms with E-state index in [2.05, 4.69) is 58.9 Å². The summed E-state index contributed by atoms with van der Waals surface area (Å²) in [6.07, 6.45) is 15.2. The number of fused-ring (bicyclic) bond motifs is 3. The summed E-state index contributed by atoms with van der Waals surface area (Å²) in [5, 5.41) is 0. The first-order chi connectivity index (χ1) is 17.7. The number of allylic oxidation sites excluding steroid dienone is 10. The lowest BCUT2D eigenvalue weighted by molar-refractivity contribution is -0.194. The summed E-state index contributed by atoms with van der Waals surface area (Å²) in [5.41, 5.74) is 2.98. The van der Waals surface area contributed by atoms with Crippen LogP contribution in [-0.4, -0.2) is 30.9 Å². The van der Waals surface area contributed by atoms with Crippen LogP contribution in [0.15, 0.2) is 58.7 Å². The van der Waals surface area contributed by atoms with E-state index in [1.54, 1.807) is 0 Å². The molecule has 6 atom stereocenters. The Morgan fingerprint density at radius 2 is 1.61 bits per heavy atom. The van der Waals surface area contributed by atoms with Gasteiger partial charge in [0, 0.05) is 24.3 Å². The molecule has 0 saturated heterocycles. The molecule has 0 heterocycles. The van der Waals surface area contributed by atoms with E-state index < -0.39 is 17.5 Å². The Labute approximate surface area is 229 Å². The molecule has 5 nitrogen and oxygen atoms in total. The zero-order chi connectivity index (χ0) is 28.5. The Morgan fingerprint density at radius 3 is 2.21 bits per heavy atom. The summed E-state index contributed by atoms with van der Waals surface area (Å²) in [5.74, 6) is -0.131. The number of carbonyl (C=O) groups excluding carboxylic acids is 3. The minimum atomic E-state index is -0.886. The molecule has 38 heavy (non-hydrogen) atoms. The molecule has 208 valence electrons. The van der Waals surface area contributed by atoms with Gasteiger partial charge in [-0.15, -0.1) is 0 Å². The van der Waals surface area contributed by atoms with E-state index in [0.29, 0.717) is 19.3 Å². The fourth-order valence-electron chi connectivity index (χ4n) is 7.63. The van der Waals surface area contributed by atoms with E-state index in [1.807, 2.05) is 26.0 Å². The second kappa shape index (κ2) is 11.2. The molecule has 0 spiro atoms. The van der Waals surface area contributed by atoms with Gasteiger partial charge in [0.1, 0.15) is 11.5 Å². The zero-order valence-corrected chi connectivity index (χ0v) is 24.8. The first kappa shape index (κ1) is 29.9. The average molecular weight is 523 g/mol. The second-order valence-electron chi connectivity index (χ2n) is 12.7. The number of rotatable bonds is 6. The standard InChI is InChI=1S/C33H46O5/c1-21(2)12-10-13-22(3)14-11-15-23(4)29-26(35)18-27-31(29,6)17-16-25-19-33(8,30(36)37-9)28(38-24(5)34)20-32(25,27)7/h10-15,25,27-28H,16-20H2,1-9H3/b13-10+,15-11+,22-14+,29-23-/t25-,27+,28+,31-,32-,33+/m0/s1. The Kier molecular flexibility index (Phi) is 8.80. The lowest BCUT2D eigenvalue weighted by atomic mass is 9.45. The van der Waals surface area contributed by atoms with Gasteiger partial charge in [-0.05, 0) is 83.1 Å². The quantitative estimate of drug-likeness (QED) is 0.209. The Hall–Kier alpha value is -2.69. The summed E-state index contributed by atoms with van der Waals surface area (Å²) < 4.78 is 10.9. The van der Waals surface area contributed by atoms with E-state index in [-0.39, 0.29) is 34.4 Å². The van der Waals surface area contributed by atoms with Crippen LogP contribution >= 0.6 is 0 Å². The third kappa shape index (κ3) is 5.53. The van der Waals surface area contributed by atoms with Gasteiger partial charge < -0.3 is 9.47 Å². The number of esters is 2. The van der Waals surface area contributed by atoms with Gasteiger partial charge in [-0.1, -0.05) is 61.4 Å². The number of carbonyl (C=O) groups is 3. The molecule has 0 unspecified atom stereocenters. The predicted molar refractivity (Wildman–Crippen MR) is 151 cm³/mol. The average Bonchev–Trinajstić information content (AvgIpc) is 3.10. The maximum absolute atomic E-state index is 13.6. The van der Waals surface area contributed by atoms with Crippen molar-refractivity contribution in [2.24, 2.45) is 28.1 Å². The molecule has 0 N–H and O–H groups in total. The highest BCUT2D eigenvalue weighted by Gasteiger charge is 2.65. The van der Waals surface area contributed by atoms with E-state index in [9.17, 15) is 14.4 Å². The maximum atomic E-state index is 13.6. The maximum Gasteiger partial charge on any atom is 0.315 e. The van der Waals surface area contributed by atoms with Crippen LogP contribution in [0.25, 0.3) is 0 Å². The van der Waals surface area contributed by atoms with Crippen molar-refractivity contribution in [2.45, 2.75) is 93.6 Å². The zero-order valence-electron chi connectivity index (χ0n) is 24.8. The third-order valence-electron chi connectivity index (χ3n) is 9.60. The summed E-state index contributed by atoms with van der Waals surface area (Å²) >= 11 is 0. The molecule has 3 aliphatic carbocycles. The summed E-state index contributed by atoms with van der Waals surface area (Å²) in [4.78, 5) is 38.5. The van der Waals surface area contributed by atoms with Crippen molar-refractivity contribution in [2.75, 3.05) is 7.11 Å². The highest BCUT2D eigenvalue weighted by atomic mass is 16.6. The van der Waals surface area contributed by atoms with E-state index in [4.69, 9.17) is 9.47 Å². The van der Waals surface area contributed by atoms with Crippen molar-refractivity contribution in [3.63, 3.8) is 0 Å². The Balaban J connectivity index is 1.94. The number of Topliss-reactive ketones (excluding diaryl/α,β-unsaturated/α-hetero) is 1. The second-order valence-corrected chi connectivity index (χ2v) is 12.7. The van der Waals surface area contributed by atoms with Crippen molar-refractivity contribution in [3.05, 3.63) is 58.7 Å². The third-order valence-corrected chi connectivity index (χ3v) is 9.60. The molecule has 0 aromatic heterocycles. The molecule has 0 amide bonds. The fourth-order valence-corrected chi connectivity index (χ4v) is 7.63. The van der Waals surface area contributed by atoms with E-state index in [0.717, 1.165) is 29.6 Å².